The molecule has 0 heterocycles. The molecule has 0 saturated heterocycles. The molecular formula is C16H16OS. The van der Waals surface area contributed by atoms with Crippen LogP contribution < -0.4 is 0 Å². The minimum Gasteiger partial charge on any atom is -0.293 e. The second-order valence-corrected chi connectivity index (χ2v) is 4.53. The first kappa shape index (κ1) is 12.9. The number of carbonyl (C=O) groups excluding carboxylic acids is 1. The molecule has 2 aromatic rings. The zero-order chi connectivity index (χ0) is 13.0. The van der Waals surface area contributed by atoms with Gasteiger partial charge in [0.05, 0.1) is 5.75 Å². The van der Waals surface area contributed by atoms with E-state index in [4.69, 9.17) is 0 Å². The normalized spacial score (nSPS) is 10.3. The molecule has 0 aliphatic carbocycles. The van der Waals surface area contributed by atoms with Crippen molar-refractivity contribution in [3.05, 3.63) is 59.7 Å². The van der Waals surface area contributed by atoms with Crippen molar-refractivity contribution in [1.29, 1.82) is 0 Å². The molecule has 0 saturated carbocycles. The van der Waals surface area contributed by atoms with E-state index in [0.717, 1.165) is 17.5 Å². The molecule has 2 heteroatoms. The van der Waals surface area contributed by atoms with Crippen molar-refractivity contribution in [2.24, 2.45) is 0 Å². The summed E-state index contributed by atoms with van der Waals surface area (Å²) in [5.74, 6) is 0.316. The van der Waals surface area contributed by atoms with E-state index in [2.05, 4.69) is 43.8 Å². The van der Waals surface area contributed by atoms with Gasteiger partial charge in [-0.1, -0.05) is 55.5 Å². The number of carbonyl (C=O) groups is 1. The Bertz CT molecular complexity index is 526. The Hall–Kier alpha value is -1.54. The summed E-state index contributed by atoms with van der Waals surface area (Å²) in [5.41, 5.74) is 4.37. The van der Waals surface area contributed by atoms with Crippen molar-refractivity contribution in [2.75, 3.05) is 5.75 Å². The smallest absolute Gasteiger partial charge is 0.172 e. The van der Waals surface area contributed by atoms with Crippen molar-refractivity contribution in [3.63, 3.8) is 0 Å². The molecule has 0 bridgehead atoms. The molecule has 0 radical (unpaired) electrons. The third-order valence-electron chi connectivity index (χ3n) is 3.05. The fraction of sp³-hybridized carbons (Fsp3) is 0.188. The molecule has 0 unspecified atom stereocenters. The van der Waals surface area contributed by atoms with Gasteiger partial charge in [0, 0.05) is 5.56 Å². The summed E-state index contributed by atoms with van der Waals surface area (Å²) in [4.78, 5) is 11.5. The minimum atomic E-state index is 0.0613. The highest BCUT2D eigenvalue weighted by Gasteiger charge is 2.03. The van der Waals surface area contributed by atoms with Gasteiger partial charge in [-0.2, -0.15) is 12.6 Å². The summed E-state index contributed by atoms with van der Waals surface area (Å²) >= 11 is 4.00. The number of rotatable bonds is 4. The summed E-state index contributed by atoms with van der Waals surface area (Å²) < 4.78 is 0. The van der Waals surface area contributed by atoms with E-state index in [1.165, 1.54) is 11.1 Å². The molecule has 0 fully saturated rings. The zero-order valence-corrected chi connectivity index (χ0v) is 11.3. The van der Waals surface area contributed by atoms with Gasteiger partial charge >= 0.3 is 0 Å². The van der Waals surface area contributed by atoms with Gasteiger partial charge < -0.3 is 0 Å². The number of aryl methyl sites for hydroxylation is 1. The van der Waals surface area contributed by atoms with Gasteiger partial charge in [-0.05, 0) is 23.1 Å². The molecule has 18 heavy (non-hydrogen) atoms. The fourth-order valence-electron chi connectivity index (χ4n) is 1.87. The van der Waals surface area contributed by atoms with E-state index in [0.29, 0.717) is 0 Å². The molecular weight excluding hydrogens is 240 g/mol. The van der Waals surface area contributed by atoms with Crippen LogP contribution in [0.15, 0.2) is 48.5 Å². The Balaban J connectivity index is 2.25. The maximum absolute atomic E-state index is 11.5. The lowest BCUT2D eigenvalue weighted by atomic mass is 10.0. The lowest BCUT2D eigenvalue weighted by Gasteiger charge is -2.04. The predicted octanol–water partition coefficient (Wildman–Crippen LogP) is 4.03. The van der Waals surface area contributed by atoms with Crippen LogP contribution in [0, 0.1) is 0 Å². The second-order valence-electron chi connectivity index (χ2n) is 4.21. The van der Waals surface area contributed by atoms with Crippen molar-refractivity contribution < 1.29 is 4.79 Å². The number of hydrogen-bond acceptors (Lipinski definition) is 2. The summed E-state index contributed by atoms with van der Waals surface area (Å²) in [6.07, 6.45) is 1.05. The molecule has 0 amide bonds. The Labute approximate surface area is 113 Å². The molecule has 0 N–H and O–H groups in total. The van der Waals surface area contributed by atoms with Crippen LogP contribution in [-0.2, 0) is 6.42 Å². The third-order valence-corrected chi connectivity index (χ3v) is 3.33. The molecule has 0 aliphatic heterocycles. The molecule has 2 rings (SSSR count). The number of ketones is 1. The quantitative estimate of drug-likeness (QED) is 0.645. The van der Waals surface area contributed by atoms with E-state index in [1.807, 2.05) is 24.3 Å². The van der Waals surface area contributed by atoms with E-state index < -0.39 is 0 Å². The van der Waals surface area contributed by atoms with Crippen LogP contribution in [0.25, 0.3) is 11.1 Å². The van der Waals surface area contributed by atoms with Crippen LogP contribution in [0.5, 0.6) is 0 Å². The van der Waals surface area contributed by atoms with Crippen molar-refractivity contribution in [2.45, 2.75) is 13.3 Å². The van der Waals surface area contributed by atoms with Crippen molar-refractivity contribution in [1.82, 2.24) is 0 Å². The van der Waals surface area contributed by atoms with Crippen LogP contribution in [-0.4, -0.2) is 11.5 Å². The summed E-state index contributed by atoms with van der Waals surface area (Å²) in [5, 5.41) is 0. The molecule has 0 aromatic heterocycles. The summed E-state index contributed by atoms with van der Waals surface area (Å²) in [7, 11) is 0. The van der Waals surface area contributed by atoms with Crippen LogP contribution in [0.3, 0.4) is 0 Å². The van der Waals surface area contributed by atoms with Crippen LogP contribution in [0.2, 0.25) is 0 Å². The average Bonchev–Trinajstić information content (AvgIpc) is 2.47. The highest BCUT2D eigenvalue weighted by molar-refractivity contribution is 7.81. The topological polar surface area (TPSA) is 17.1 Å². The van der Waals surface area contributed by atoms with Gasteiger partial charge in [0.15, 0.2) is 5.78 Å². The number of thiol groups is 1. The molecule has 0 spiro atoms. The average molecular weight is 256 g/mol. The van der Waals surface area contributed by atoms with Gasteiger partial charge in [0.25, 0.3) is 0 Å². The number of hydrogen-bond donors (Lipinski definition) is 1. The van der Waals surface area contributed by atoms with Crippen molar-refractivity contribution in [3.8, 4) is 11.1 Å². The molecule has 1 nitrogen and oxygen atoms in total. The first-order valence-electron chi connectivity index (χ1n) is 6.08. The van der Waals surface area contributed by atoms with Crippen LogP contribution >= 0.6 is 12.6 Å². The SMILES string of the molecule is CCc1ccc(-c2ccc(C(=O)CS)cc2)cc1. The molecule has 0 atom stereocenters. The zero-order valence-electron chi connectivity index (χ0n) is 10.4. The highest BCUT2D eigenvalue weighted by atomic mass is 32.1. The van der Waals surface area contributed by atoms with Gasteiger partial charge in [-0.25, -0.2) is 0 Å². The first-order chi connectivity index (χ1) is 8.74. The Morgan fingerprint density at radius 2 is 1.44 bits per heavy atom. The fourth-order valence-corrected chi connectivity index (χ4v) is 2.06. The lowest BCUT2D eigenvalue weighted by Crippen LogP contribution is -1.99. The van der Waals surface area contributed by atoms with E-state index in [9.17, 15) is 4.79 Å². The van der Waals surface area contributed by atoms with E-state index in [1.54, 1.807) is 0 Å². The van der Waals surface area contributed by atoms with Crippen LogP contribution in [0.1, 0.15) is 22.8 Å². The van der Waals surface area contributed by atoms with E-state index >= 15 is 0 Å². The van der Waals surface area contributed by atoms with E-state index in [-0.39, 0.29) is 11.5 Å². The Kier molecular flexibility index (Phi) is 4.21. The Morgan fingerprint density at radius 1 is 0.944 bits per heavy atom. The largest absolute Gasteiger partial charge is 0.293 e. The number of Topliss-reactive ketones (excluding diaryl/α,β-unsaturated/α-hetero) is 1. The Morgan fingerprint density at radius 3 is 1.89 bits per heavy atom. The summed E-state index contributed by atoms with van der Waals surface area (Å²) in [6, 6.07) is 16.2. The standard InChI is InChI=1S/C16H16OS/c1-2-12-3-5-13(6-4-12)14-7-9-15(10-8-14)16(17)11-18/h3-10,18H,2,11H2,1H3. The summed E-state index contributed by atoms with van der Waals surface area (Å²) in [6.45, 7) is 2.15. The predicted molar refractivity (Wildman–Crippen MR) is 79.4 cm³/mol. The maximum atomic E-state index is 11.5. The van der Waals surface area contributed by atoms with Gasteiger partial charge in [0.2, 0.25) is 0 Å². The monoisotopic (exact) mass is 256 g/mol. The third kappa shape index (κ3) is 2.82. The molecule has 2 aromatic carbocycles. The number of benzene rings is 2. The van der Waals surface area contributed by atoms with Crippen molar-refractivity contribution >= 4 is 18.4 Å². The first-order valence-corrected chi connectivity index (χ1v) is 6.71. The second kappa shape index (κ2) is 5.87. The lowest BCUT2D eigenvalue weighted by molar-refractivity contribution is 0.102. The molecule has 92 valence electrons. The molecule has 0 aliphatic rings. The van der Waals surface area contributed by atoms with Gasteiger partial charge in [0.1, 0.15) is 0 Å². The highest BCUT2D eigenvalue weighted by Crippen LogP contribution is 2.20. The van der Waals surface area contributed by atoms with Crippen LogP contribution in [0.4, 0.5) is 0 Å². The van der Waals surface area contributed by atoms with Gasteiger partial charge in [-0.3, -0.25) is 4.79 Å². The van der Waals surface area contributed by atoms with Gasteiger partial charge in [-0.15, -0.1) is 0 Å². The maximum Gasteiger partial charge on any atom is 0.172 e. The minimum absolute atomic E-state index is 0.0613.